The minimum absolute atomic E-state index is 0. The van der Waals surface area contributed by atoms with Gasteiger partial charge in [0.1, 0.15) is 45.1 Å². The molecule has 19 heavy (non-hydrogen) atoms. The van der Waals surface area contributed by atoms with Crippen LogP contribution in [0.2, 0.25) is 5.02 Å². The molecule has 0 atom stereocenters. The predicted octanol–water partition coefficient (Wildman–Crippen LogP) is -6.86. The number of rotatable bonds is 4. The zero-order valence-electron chi connectivity index (χ0n) is 11.1. The zero-order chi connectivity index (χ0) is 12.1. The van der Waals surface area contributed by atoms with Crippen molar-refractivity contribution in [3.8, 4) is 5.75 Å². The van der Waals surface area contributed by atoms with Crippen molar-refractivity contribution in [2.75, 3.05) is 46.4 Å². The third-order valence-corrected chi connectivity index (χ3v) is 3.57. The number of likely N-dealkylation sites (N-methyl/N-ethyl adjacent to an activating group) is 1. The molecule has 1 aromatic carbocycles. The van der Waals surface area contributed by atoms with E-state index in [1.54, 1.807) is 9.80 Å². The number of hydrogen-bond acceptors (Lipinski definition) is 1. The van der Waals surface area contributed by atoms with Gasteiger partial charge in [-0.2, -0.15) is 0 Å². The number of ether oxygens (including phenoxy) is 1. The lowest BCUT2D eigenvalue weighted by Gasteiger charge is -2.27. The van der Waals surface area contributed by atoms with Gasteiger partial charge in [-0.05, 0) is 18.2 Å². The number of piperazine rings is 1. The summed E-state index contributed by atoms with van der Waals surface area (Å²) in [4.78, 5) is 3.29. The molecule has 1 aliphatic heterocycles. The smallest absolute Gasteiger partial charge is 0.137 e. The second-order valence-electron chi connectivity index (χ2n) is 4.76. The molecule has 0 amide bonds. The van der Waals surface area contributed by atoms with E-state index in [1.165, 1.54) is 26.2 Å². The fourth-order valence-electron chi connectivity index (χ4n) is 2.15. The number of halogens is 3. The lowest BCUT2D eigenvalue weighted by Crippen LogP contribution is -3.27. The van der Waals surface area contributed by atoms with Crippen LogP contribution in [0.4, 0.5) is 0 Å². The van der Waals surface area contributed by atoms with Gasteiger partial charge in [-0.1, -0.05) is 17.7 Å². The minimum Gasteiger partial charge on any atom is -1.00 e. The molecule has 0 bridgehead atoms. The lowest BCUT2D eigenvalue weighted by molar-refractivity contribution is -1.00. The molecule has 1 heterocycles. The van der Waals surface area contributed by atoms with Gasteiger partial charge >= 0.3 is 0 Å². The molecule has 2 N–H and O–H groups in total. The Hall–Kier alpha value is -0.190. The van der Waals surface area contributed by atoms with Gasteiger partial charge in [0.25, 0.3) is 0 Å². The standard InChI is InChI=1S/C13H19ClN2O.2ClH/c1-15-5-7-16(8-6-15)9-10-17-13-4-2-3-12(14)11-13;;/h2-4,11H,5-10H2,1H3;2*1H. The van der Waals surface area contributed by atoms with Crippen LogP contribution in [0, 0.1) is 0 Å². The van der Waals surface area contributed by atoms with Crippen LogP contribution >= 0.6 is 11.6 Å². The molecule has 1 fully saturated rings. The van der Waals surface area contributed by atoms with Crippen molar-refractivity contribution in [2.45, 2.75) is 0 Å². The monoisotopic (exact) mass is 326 g/mol. The Labute approximate surface area is 132 Å². The molecule has 0 unspecified atom stereocenters. The average Bonchev–Trinajstić information content (AvgIpc) is 2.32. The van der Waals surface area contributed by atoms with E-state index >= 15 is 0 Å². The normalized spacial score (nSPS) is 22.0. The number of hydrogen-bond donors (Lipinski definition) is 2. The molecule has 0 saturated carbocycles. The first kappa shape index (κ1) is 18.8. The minimum atomic E-state index is 0. The Morgan fingerprint density at radius 1 is 1.16 bits per heavy atom. The van der Waals surface area contributed by atoms with Crippen LogP contribution in [0.5, 0.6) is 5.75 Å². The molecule has 1 saturated heterocycles. The van der Waals surface area contributed by atoms with Gasteiger partial charge in [-0.25, -0.2) is 0 Å². The molecule has 1 aliphatic rings. The first-order valence-electron chi connectivity index (χ1n) is 6.27. The second kappa shape index (κ2) is 9.67. The third kappa shape index (κ3) is 6.68. The molecule has 0 aromatic heterocycles. The fourth-order valence-corrected chi connectivity index (χ4v) is 2.33. The van der Waals surface area contributed by atoms with E-state index in [1.807, 2.05) is 24.3 Å². The van der Waals surface area contributed by atoms with E-state index in [-0.39, 0.29) is 24.8 Å². The molecule has 6 heteroatoms. The summed E-state index contributed by atoms with van der Waals surface area (Å²) >= 11 is 5.90. The lowest BCUT2D eigenvalue weighted by atomic mass is 10.3. The van der Waals surface area contributed by atoms with Crippen molar-refractivity contribution in [3.63, 3.8) is 0 Å². The quantitative estimate of drug-likeness (QED) is 0.563. The van der Waals surface area contributed by atoms with Crippen molar-refractivity contribution in [3.05, 3.63) is 29.3 Å². The highest BCUT2D eigenvalue weighted by Crippen LogP contribution is 2.16. The molecule has 3 nitrogen and oxygen atoms in total. The largest absolute Gasteiger partial charge is 1.00 e. The van der Waals surface area contributed by atoms with Crippen molar-refractivity contribution in [1.82, 2.24) is 0 Å². The SMILES string of the molecule is C[NH+]1CC[NH+](CCOc2cccc(Cl)c2)CC1.[Cl-].[Cl-]. The van der Waals surface area contributed by atoms with Gasteiger partial charge in [0.15, 0.2) is 0 Å². The molecule has 0 radical (unpaired) electrons. The van der Waals surface area contributed by atoms with Gasteiger partial charge in [0.05, 0.1) is 7.05 Å². The van der Waals surface area contributed by atoms with E-state index in [2.05, 4.69) is 7.05 Å². The molecular weight excluding hydrogens is 307 g/mol. The maximum Gasteiger partial charge on any atom is 0.137 e. The number of quaternary nitrogens is 2. The van der Waals surface area contributed by atoms with E-state index in [0.717, 1.165) is 23.9 Å². The van der Waals surface area contributed by atoms with Crippen LogP contribution < -0.4 is 39.4 Å². The molecule has 110 valence electrons. The zero-order valence-corrected chi connectivity index (χ0v) is 13.4. The molecule has 0 spiro atoms. The van der Waals surface area contributed by atoms with Gasteiger partial charge in [-0.15, -0.1) is 0 Å². The number of benzene rings is 1. The highest BCUT2D eigenvalue weighted by Gasteiger charge is 2.19. The van der Waals surface area contributed by atoms with E-state index in [9.17, 15) is 0 Å². The van der Waals surface area contributed by atoms with E-state index < -0.39 is 0 Å². The van der Waals surface area contributed by atoms with Gasteiger partial charge in [-0.3, -0.25) is 0 Å². The average molecular weight is 328 g/mol. The molecule has 2 rings (SSSR count). The predicted molar refractivity (Wildman–Crippen MR) is 69.1 cm³/mol. The van der Waals surface area contributed by atoms with Gasteiger partial charge in [0, 0.05) is 5.02 Å². The number of nitrogens with one attached hydrogen (secondary N) is 2. The van der Waals surface area contributed by atoms with Crippen molar-refractivity contribution >= 4 is 11.6 Å². The third-order valence-electron chi connectivity index (χ3n) is 3.33. The molecule has 0 aliphatic carbocycles. The van der Waals surface area contributed by atoms with Crippen molar-refractivity contribution < 1.29 is 39.4 Å². The van der Waals surface area contributed by atoms with E-state index in [0.29, 0.717) is 0 Å². The van der Waals surface area contributed by atoms with Crippen LogP contribution in [0.15, 0.2) is 24.3 Å². The summed E-state index contributed by atoms with van der Waals surface area (Å²) in [6, 6.07) is 7.60. The highest BCUT2D eigenvalue weighted by molar-refractivity contribution is 6.30. The second-order valence-corrected chi connectivity index (χ2v) is 5.20. The van der Waals surface area contributed by atoms with Crippen LogP contribution in [-0.4, -0.2) is 46.4 Å². The fraction of sp³-hybridized carbons (Fsp3) is 0.538. The summed E-state index contributed by atoms with van der Waals surface area (Å²) in [5.41, 5.74) is 0. The highest BCUT2D eigenvalue weighted by atomic mass is 35.5. The van der Waals surface area contributed by atoms with Gasteiger partial charge in [0.2, 0.25) is 0 Å². The summed E-state index contributed by atoms with van der Waals surface area (Å²) in [6.07, 6.45) is 0. The molecule has 1 aromatic rings. The summed E-state index contributed by atoms with van der Waals surface area (Å²) in [7, 11) is 2.26. The summed E-state index contributed by atoms with van der Waals surface area (Å²) < 4.78 is 5.70. The Morgan fingerprint density at radius 3 is 2.47 bits per heavy atom. The maximum atomic E-state index is 5.90. The van der Waals surface area contributed by atoms with Crippen molar-refractivity contribution in [2.24, 2.45) is 0 Å². The Morgan fingerprint density at radius 2 is 1.84 bits per heavy atom. The first-order valence-corrected chi connectivity index (χ1v) is 6.65. The molecular formula is C13H21Cl3N2O. The first-order chi connectivity index (χ1) is 8.24. The van der Waals surface area contributed by atoms with Crippen molar-refractivity contribution in [1.29, 1.82) is 0 Å². The van der Waals surface area contributed by atoms with Crippen LogP contribution in [-0.2, 0) is 0 Å². The Balaban J connectivity index is 0.00000162. The Bertz CT molecular complexity index is 357. The summed E-state index contributed by atoms with van der Waals surface area (Å²) in [6.45, 7) is 6.91. The van der Waals surface area contributed by atoms with Crippen LogP contribution in [0.1, 0.15) is 0 Å². The Kier molecular flexibility index (Phi) is 9.58. The summed E-state index contributed by atoms with van der Waals surface area (Å²) in [5.74, 6) is 0.872. The van der Waals surface area contributed by atoms with E-state index in [4.69, 9.17) is 16.3 Å². The topological polar surface area (TPSA) is 18.1 Å². The maximum absolute atomic E-state index is 5.90. The van der Waals surface area contributed by atoms with Gasteiger partial charge < -0.3 is 39.4 Å². The summed E-state index contributed by atoms with van der Waals surface area (Å²) in [5, 5.41) is 0.734. The van der Waals surface area contributed by atoms with Crippen LogP contribution in [0.25, 0.3) is 0 Å². The van der Waals surface area contributed by atoms with Crippen LogP contribution in [0.3, 0.4) is 0 Å².